The third-order valence-corrected chi connectivity index (χ3v) is 2.33. The Kier molecular flexibility index (Phi) is 4.71. The van der Waals surface area contributed by atoms with Crippen LogP contribution in [-0.2, 0) is 9.53 Å². The summed E-state index contributed by atoms with van der Waals surface area (Å²) in [6, 6.07) is 1.01. The number of hydrogen-bond acceptors (Lipinski definition) is 6. The number of alkyl halides is 3. The fraction of sp³-hybridized carbons (Fsp3) is 0.556. The molecule has 3 N–H and O–H groups in total. The monoisotopic (exact) mass is 280 g/mol. The van der Waals surface area contributed by atoms with Crippen LogP contribution < -0.4 is 5.84 Å². The Morgan fingerprint density at radius 3 is 2.37 bits per heavy atom. The molecule has 19 heavy (non-hydrogen) atoms. The van der Waals surface area contributed by atoms with Crippen molar-refractivity contribution in [2.75, 3.05) is 26.3 Å². The highest BCUT2D eigenvalue weighted by Crippen LogP contribution is 2.26. The molecule has 10 heteroatoms. The summed E-state index contributed by atoms with van der Waals surface area (Å²) in [7, 11) is 0. The molecule has 0 spiro atoms. The van der Waals surface area contributed by atoms with Gasteiger partial charge in [0.05, 0.1) is 13.2 Å². The van der Waals surface area contributed by atoms with E-state index in [1.165, 1.54) is 5.01 Å². The van der Waals surface area contributed by atoms with Gasteiger partial charge in [0, 0.05) is 13.1 Å². The van der Waals surface area contributed by atoms with E-state index < -0.39 is 23.4 Å². The summed E-state index contributed by atoms with van der Waals surface area (Å²) in [5, 5.41) is 19.0. The number of carbonyl (C=O) groups excluding carboxylic acids is 1. The normalized spacial score (nSPS) is 18.5. The number of nitriles is 1. The third kappa shape index (κ3) is 3.57. The lowest BCUT2D eigenvalue weighted by atomic mass is 10.2. The molecule has 7 nitrogen and oxygen atoms in total. The first-order valence-corrected chi connectivity index (χ1v) is 5.11. The van der Waals surface area contributed by atoms with Crippen LogP contribution in [0.2, 0.25) is 0 Å². The zero-order chi connectivity index (χ0) is 14.6. The Balaban J connectivity index is 2.94. The molecular weight excluding hydrogens is 269 g/mol. The van der Waals surface area contributed by atoms with Crippen LogP contribution in [0.4, 0.5) is 13.2 Å². The summed E-state index contributed by atoms with van der Waals surface area (Å²) in [6.45, 7) is 0.872. The summed E-state index contributed by atoms with van der Waals surface area (Å²) in [6.07, 6.45) is -5.19. The van der Waals surface area contributed by atoms with E-state index in [1.807, 2.05) is 0 Å². The average molecular weight is 280 g/mol. The van der Waals surface area contributed by atoms with Gasteiger partial charge >= 0.3 is 6.18 Å². The van der Waals surface area contributed by atoms with Crippen molar-refractivity contribution in [2.24, 2.45) is 5.84 Å². The quantitative estimate of drug-likeness (QED) is 0.182. The fourth-order valence-electron chi connectivity index (χ4n) is 1.36. The van der Waals surface area contributed by atoms with Crippen LogP contribution in [0.3, 0.4) is 0 Å². The van der Waals surface area contributed by atoms with E-state index in [9.17, 15) is 18.0 Å². The minimum absolute atomic E-state index is 0.188. The van der Waals surface area contributed by atoms with Crippen molar-refractivity contribution in [3.63, 3.8) is 0 Å². The van der Waals surface area contributed by atoms with Gasteiger partial charge in [0.25, 0.3) is 5.91 Å². The Morgan fingerprint density at radius 2 is 1.95 bits per heavy atom. The molecule has 1 aliphatic heterocycles. The number of carbonyl (C=O) groups is 1. The molecule has 1 heterocycles. The van der Waals surface area contributed by atoms with Gasteiger partial charge in [-0.3, -0.25) is 4.79 Å². The van der Waals surface area contributed by atoms with Crippen LogP contribution in [0.1, 0.15) is 0 Å². The number of nitrogens with zero attached hydrogens (tertiary/aromatic N) is 3. The first kappa shape index (κ1) is 15.2. The first-order chi connectivity index (χ1) is 8.79. The maximum atomic E-state index is 12.2. The Bertz CT molecular complexity index is 423. The summed E-state index contributed by atoms with van der Waals surface area (Å²) < 4.78 is 41.7. The molecule has 0 aromatic carbocycles. The third-order valence-electron chi connectivity index (χ3n) is 2.33. The second-order valence-electron chi connectivity index (χ2n) is 3.55. The Morgan fingerprint density at radius 1 is 1.42 bits per heavy atom. The molecular formula is C9H11F3N4O3. The van der Waals surface area contributed by atoms with Crippen LogP contribution in [0.25, 0.3) is 0 Å². The second kappa shape index (κ2) is 5.87. The number of morpholine rings is 1. The molecule has 0 bridgehead atoms. The highest BCUT2D eigenvalue weighted by Gasteiger charge is 2.40. The number of halogens is 3. The van der Waals surface area contributed by atoms with Crippen molar-refractivity contribution in [3.8, 4) is 6.07 Å². The number of nitrogens with two attached hydrogens (primary N) is 1. The van der Waals surface area contributed by atoms with Crippen molar-refractivity contribution in [1.29, 1.82) is 5.26 Å². The van der Waals surface area contributed by atoms with E-state index in [0.29, 0.717) is 5.12 Å². The second-order valence-corrected chi connectivity index (χ2v) is 3.55. The van der Waals surface area contributed by atoms with Gasteiger partial charge in [-0.2, -0.15) is 23.4 Å². The molecule has 0 aliphatic carbocycles. The van der Waals surface area contributed by atoms with E-state index in [1.54, 1.807) is 0 Å². The van der Waals surface area contributed by atoms with Gasteiger partial charge in [-0.25, -0.2) is 11.0 Å². The van der Waals surface area contributed by atoms with E-state index in [0.717, 1.165) is 6.07 Å². The zero-order valence-electron chi connectivity index (χ0n) is 9.65. The van der Waals surface area contributed by atoms with Gasteiger partial charge < -0.3 is 9.84 Å². The highest BCUT2D eigenvalue weighted by atomic mass is 19.4. The maximum Gasteiger partial charge on any atom is 0.450 e. The number of amides is 1. The summed E-state index contributed by atoms with van der Waals surface area (Å²) in [4.78, 5) is 11.6. The summed E-state index contributed by atoms with van der Waals surface area (Å²) in [5.41, 5.74) is -1.46. The van der Waals surface area contributed by atoms with Gasteiger partial charge in [0.15, 0.2) is 5.57 Å². The lowest BCUT2D eigenvalue weighted by Gasteiger charge is -2.33. The minimum Gasteiger partial charge on any atom is -0.503 e. The van der Waals surface area contributed by atoms with E-state index in [2.05, 4.69) is 0 Å². The fourth-order valence-corrected chi connectivity index (χ4v) is 1.36. The number of rotatable bonds is 2. The molecule has 1 amide bonds. The number of hydrazine groups is 2. The van der Waals surface area contributed by atoms with Crippen molar-refractivity contribution >= 4 is 5.91 Å². The van der Waals surface area contributed by atoms with Crippen molar-refractivity contribution < 1.29 is 27.8 Å². The molecule has 0 radical (unpaired) electrons. The predicted octanol–water partition coefficient (Wildman–Crippen LogP) is -0.166. The van der Waals surface area contributed by atoms with Crippen molar-refractivity contribution in [3.05, 3.63) is 11.3 Å². The van der Waals surface area contributed by atoms with Gasteiger partial charge in [-0.1, -0.05) is 0 Å². The van der Waals surface area contributed by atoms with Crippen LogP contribution in [0.5, 0.6) is 0 Å². The van der Waals surface area contributed by atoms with E-state index in [-0.39, 0.29) is 26.3 Å². The molecule has 0 aromatic heterocycles. The standard InChI is InChI=1S/C9H11F3N4O3/c10-9(11,12)7(17)6(5-13)8(18)16(14)15-1-3-19-4-2-15/h17H,1-4,14H2/b7-6-. The zero-order valence-corrected chi connectivity index (χ0v) is 9.65. The number of ether oxygens (including phenoxy) is 1. The molecule has 0 saturated carbocycles. The van der Waals surface area contributed by atoms with Gasteiger partial charge in [0.2, 0.25) is 5.76 Å². The highest BCUT2D eigenvalue weighted by molar-refractivity contribution is 5.97. The van der Waals surface area contributed by atoms with Gasteiger partial charge in [-0.05, 0) is 0 Å². The molecule has 106 valence electrons. The van der Waals surface area contributed by atoms with Crippen LogP contribution in [0.15, 0.2) is 11.3 Å². The molecule has 0 aromatic rings. The maximum absolute atomic E-state index is 12.2. The summed E-state index contributed by atoms with van der Waals surface area (Å²) in [5.74, 6) is 1.65. The number of hydrogen-bond donors (Lipinski definition) is 2. The molecule has 1 fully saturated rings. The molecule has 1 rings (SSSR count). The smallest absolute Gasteiger partial charge is 0.450 e. The lowest BCUT2D eigenvalue weighted by molar-refractivity contribution is -0.155. The van der Waals surface area contributed by atoms with Crippen LogP contribution in [0, 0.1) is 11.3 Å². The predicted molar refractivity (Wildman–Crippen MR) is 54.7 cm³/mol. The van der Waals surface area contributed by atoms with E-state index in [4.69, 9.17) is 20.9 Å². The molecule has 0 atom stereocenters. The first-order valence-electron chi connectivity index (χ1n) is 5.11. The number of aliphatic hydroxyl groups excluding tert-OH is 1. The Hall–Kier alpha value is -1.83. The average Bonchev–Trinajstić information content (AvgIpc) is 2.38. The van der Waals surface area contributed by atoms with Crippen molar-refractivity contribution in [2.45, 2.75) is 6.18 Å². The minimum atomic E-state index is -5.19. The molecule has 1 aliphatic rings. The van der Waals surface area contributed by atoms with Gasteiger partial charge in [-0.15, -0.1) is 0 Å². The lowest BCUT2D eigenvalue weighted by Crippen LogP contribution is -2.55. The number of aliphatic hydroxyl groups is 1. The van der Waals surface area contributed by atoms with Gasteiger partial charge in [0.1, 0.15) is 6.07 Å². The largest absolute Gasteiger partial charge is 0.503 e. The number of allylic oxidation sites excluding steroid dienone is 1. The van der Waals surface area contributed by atoms with E-state index >= 15 is 0 Å². The molecule has 1 saturated heterocycles. The molecule has 0 unspecified atom stereocenters. The topological polar surface area (TPSA) is 103 Å². The van der Waals surface area contributed by atoms with Crippen LogP contribution >= 0.6 is 0 Å². The Labute approximate surface area is 106 Å². The van der Waals surface area contributed by atoms with Crippen molar-refractivity contribution in [1.82, 2.24) is 10.1 Å². The summed E-state index contributed by atoms with van der Waals surface area (Å²) >= 11 is 0. The SMILES string of the molecule is N#C/C(C(=O)N(N)N1CCOCC1)=C(/O)C(F)(F)F. The van der Waals surface area contributed by atoms with Crippen LogP contribution in [-0.4, -0.2) is 53.6 Å².